The van der Waals surface area contributed by atoms with Gasteiger partial charge in [-0.1, -0.05) is 18.2 Å². The second-order valence-corrected chi connectivity index (χ2v) is 3.51. The third kappa shape index (κ3) is 2.67. The van der Waals surface area contributed by atoms with Crippen LogP contribution in [0.25, 0.3) is 11.3 Å². The summed E-state index contributed by atoms with van der Waals surface area (Å²) in [6.45, 7) is 0. The van der Waals surface area contributed by atoms with Crippen LogP contribution in [0.5, 0.6) is 0 Å². The van der Waals surface area contributed by atoms with E-state index in [0.717, 1.165) is 12.3 Å². The first kappa shape index (κ1) is 12.9. The molecule has 0 radical (unpaired) electrons. The smallest absolute Gasteiger partial charge is 0.417 e. The van der Waals surface area contributed by atoms with E-state index in [1.165, 1.54) is 18.2 Å². The summed E-state index contributed by atoms with van der Waals surface area (Å²) >= 11 is 0. The summed E-state index contributed by atoms with van der Waals surface area (Å²) in [6, 6.07) is 4.71. The molecule has 0 aliphatic heterocycles. The summed E-state index contributed by atoms with van der Waals surface area (Å²) in [4.78, 5) is 14.2. The van der Waals surface area contributed by atoms with Crippen molar-refractivity contribution < 1.29 is 23.1 Å². The van der Waals surface area contributed by atoms with E-state index in [9.17, 15) is 18.0 Å². The molecule has 1 N–H and O–H groups in total. The van der Waals surface area contributed by atoms with Gasteiger partial charge in [0.2, 0.25) is 0 Å². The van der Waals surface area contributed by atoms with Crippen molar-refractivity contribution in [3.05, 3.63) is 41.9 Å². The highest BCUT2D eigenvalue weighted by atomic mass is 19.4. The predicted molar refractivity (Wildman–Crippen MR) is 57.2 cm³/mol. The highest BCUT2D eigenvalue weighted by Crippen LogP contribution is 2.35. The van der Waals surface area contributed by atoms with Crippen LogP contribution in [0, 0.1) is 0 Å². The topological polar surface area (TPSA) is 76.0 Å². The van der Waals surface area contributed by atoms with E-state index in [1.54, 1.807) is 0 Å². The molecule has 0 saturated carbocycles. The summed E-state index contributed by atoms with van der Waals surface area (Å²) < 4.78 is 38.4. The first-order valence-electron chi connectivity index (χ1n) is 4.99. The van der Waals surface area contributed by atoms with E-state index >= 15 is 0 Å². The fraction of sp³-hybridized carbons (Fsp3) is 0.0909. The van der Waals surface area contributed by atoms with Gasteiger partial charge in [-0.15, -0.1) is 5.10 Å². The van der Waals surface area contributed by atoms with E-state index in [2.05, 4.69) is 15.2 Å². The number of benzene rings is 1. The van der Waals surface area contributed by atoms with Crippen LogP contribution in [0.4, 0.5) is 13.2 Å². The maximum atomic E-state index is 12.8. The molecule has 98 valence electrons. The number of nitrogens with zero attached hydrogens (tertiary/aromatic N) is 3. The highest BCUT2D eigenvalue weighted by molar-refractivity contribution is 5.83. The Kier molecular flexibility index (Phi) is 3.16. The van der Waals surface area contributed by atoms with Crippen LogP contribution in [0.15, 0.2) is 30.5 Å². The summed E-state index contributed by atoms with van der Waals surface area (Å²) in [7, 11) is 0. The molecule has 0 aliphatic rings. The number of carbonyl (C=O) groups is 1. The molecule has 0 amide bonds. The van der Waals surface area contributed by atoms with Crippen LogP contribution in [0.3, 0.4) is 0 Å². The van der Waals surface area contributed by atoms with Gasteiger partial charge in [-0.25, -0.2) is 9.78 Å². The Morgan fingerprint density at radius 2 is 1.89 bits per heavy atom. The number of hydrogen-bond acceptors (Lipinski definition) is 4. The standard InChI is InChI=1S/C11H6F3N3O2/c12-11(13,14)7-4-2-1-3-6(7)8-5-15-17-9(16-8)10(18)19/h1-5H,(H,18,19). The minimum Gasteiger partial charge on any atom is -0.475 e. The van der Waals surface area contributed by atoms with Gasteiger partial charge in [0.25, 0.3) is 5.82 Å². The zero-order chi connectivity index (χ0) is 14.0. The largest absolute Gasteiger partial charge is 0.475 e. The van der Waals surface area contributed by atoms with E-state index in [-0.39, 0.29) is 11.3 Å². The van der Waals surface area contributed by atoms with Crippen LogP contribution < -0.4 is 0 Å². The lowest BCUT2D eigenvalue weighted by molar-refractivity contribution is -0.137. The van der Waals surface area contributed by atoms with E-state index in [0.29, 0.717) is 0 Å². The van der Waals surface area contributed by atoms with E-state index < -0.39 is 23.5 Å². The van der Waals surface area contributed by atoms with Crippen molar-refractivity contribution >= 4 is 5.97 Å². The molecule has 0 spiro atoms. The molecule has 1 aromatic heterocycles. The second-order valence-electron chi connectivity index (χ2n) is 3.51. The SMILES string of the molecule is O=C(O)c1nncc(-c2ccccc2C(F)(F)F)n1. The lowest BCUT2D eigenvalue weighted by Crippen LogP contribution is -2.10. The van der Waals surface area contributed by atoms with Crippen molar-refractivity contribution in [3.63, 3.8) is 0 Å². The average molecular weight is 269 g/mol. The fourth-order valence-electron chi connectivity index (χ4n) is 1.48. The second kappa shape index (κ2) is 4.63. The summed E-state index contributed by atoms with van der Waals surface area (Å²) in [6.07, 6.45) is -3.58. The molecule has 2 rings (SSSR count). The fourth-order valence-corrected chi connectivity index (χ4v) is 1.48. The molecule has 0 atom stereocenters. The van der Waals surface area contributed by atoms with Gasteiger partial charge in [0, 0.05) is 5.56 Å². The molecule has 0 saturated heterocycles. The molecule has 0 fully saturated rings. The van der Waals surface area contributed by atoms with Gasteiger partial charge in [0.15, 0.2) is 0 Å². The van der Waals surface area contributed by atoms with Gasteiger partial charge < -0.3 is 5.11 Å². The Bertz CT molecular complexity index is 629. The zero-order valence-electron chi connectivity index (χ0n) is 9.22. The Labute approximate surface area is 104 Å². The molecule has 2 aromatic rings. The highest BCUT2D eigenvalue weighted by Gasteiger charge is 2.33. The first-order valence-corrected chi connectivity index (χ1v) is 4.99. The lowest BCUT2D eigenvalue weighted by atomic mass is 10.0. The van der Waals surface area contributed by atoms with Crippen molar-refractivity contribution in [1.29, 1.82) is 0 Å². The van der Waals surface area contributed by atoms with Gasteiger partial charge in [-0.3, -0.25) is 0 Å². The predicted octanol–water partition coefficient (Wildman–Crippen LogP) is 2.26. The molecule has 0 unspecified atom stereocenters. The Hall–Kier alpha value is -2.51. The molecule has 1 aromatic carbocycles. The number of aromatic nitrogens is 3. The van der Waals surface area contributed by atoms with Crippen molar-refractivity contribution in [3.8, 4) is 11.3 Å². The summed E-state index contributed by atoms with van der Waals surface area (Å²) in [5.41, 5.74) is -1.35. The van der Waals surface area contributed by atoms with Crippen molar-refractivity contribution in [1.82, 2.24) is 15.2 Å². The van der Waals surface area contributed by atoms with Crippen molar-refractivity contribution in [2.45, 2.75) is 6.18 Å². The number of hydrogen-bond donors (Lipinski definition) is 1. The Balaban J connectivity index is 2.60. The van der Waals surface area contributed by atoms with Crippen LogP contribution in [0.1, 0.15) is 16.2 Å². The van der Waals surface area contributed by atoms with Crippen LogP contribution in [0.2, 0.25) is 0 Å². The average Bonchev–Trinajstić information content (AvgIpc) is 2.38. The van der Waals surface area contributed by atoms with Crippen LogP contribution in [-0.4, -0.2) is 26.3 Å². The monoisotopic (exact) mass is 269 g/mol. The number of rotatable bonds is 2. The van der Waals surface area contributed by atoms with Crippen LogP contribution >= 0.6 is 0 Å². The minimum atomic E-state index is -4.56. The van der Waals surface area contributed by atoms with Crippen LogP contribution in [-0.2, 0) is 6.18 Å². The molecular formula is C11H6F3N3O2. The van der Waals surface area contributed by atoms with Gasteiger partial charge in [-0.2, -0.15) is 18.3 Å². The maximum absolute atomic E-state index is 12.8. The maximum Gasteiger partial charge on any atom is 0.417 e. The molecule has 8 heteroatoms. The number of aromatic carboxylic acids is 1. The molecule has 0 bridgehead atoms. The number of alkyl halides is 3. The van der Waals surface area contributed by atoms with E-state index in [4.69, 9.17) is 5.11 Å². The first-order chi connectivity index (χ1) is 8.89. The van der Waals surface area contributed by atoms with Gasteiger partial charge >= 0.3 is 12.1 Å². The molecule has 0 aliphatic carbocycles. The Morgan fingerprint density at radius 1 is 1.21 bits per heavy atom. The number of halogens is 3. The van der Waals surface area contributed by atoms with Crippen molar-refractivity contribution in [2.75, 3.05) is 0 Å². The summed E-state index contributed by atoms with van der Waals surface area (Å²) in [5, 5.41) is 15.3. The molecule has 19 heavy (non-hydrogen) atoms. The third-order valence-electron chi connectivity index (χ3n) is 2.26. The van der Waals surface area contributed by atoms with Gasteiger partial charge in [-0.05, 0) is 6.07 Å². The van der Waals surface area contributed by atoms with E-state index in [1.807, 2.05) is 0 Å². The van der Waals surface area contributed by atoms with Gasteiger partial charge in [0.1, 0.15) is 0 Å². The van der Waals surface area contributed by atoms with Gasteiger partial charge in [0.05, 0.1) is 17.5 Å². The molecule has 1 heterocycles. The Morgan fingerprint density at radius 3 is 2.53 bits per heavy atom. The third-order valence-corrected chi connectivity index (χ3v) is 2.26. The normalized spacial score (nSPS) is 11.3. The number of carboxylic acid groups (broad SMARTS) is 1. The molecule has 5 nitrogen and oxygen atoms in total. The minimum absolute atomic E-state index is 0.194. The quantitative estimate of drug-likeness (QED) is 0.904. The van der Waals surface area contributed by atoms with Crippen molar-refractivity contribution in [2.24, 2.45) is 0 Å². The molecular weight excluding hydrogens is 263 g/mol. The lowest BCUT2D eigenvalue weighted by Gasteiger charge is -2.11. The zero-order valence-corrected chi connectivity index (χ0v) is 9.22. The number of carboxylic acids is 1. The summed E-state index contributed by atoms with van der Waals surface area (Å²) in [5.74, 6) is -2.12.